The van der Waals surface area contributed by atoms with Crippen LogP contribution in [-0.4, -0.2) is 13.0 Å². The monoisotopic (exact) mass is 310 g/mol. The number of benzene rings is 2. The number of rotatable bonds is 3. The number of amides is 1. The lowest BCUT2D eigenvalue weighted by atomic mass is 9.98. The van der Waals surface area contributed by atoms with E-state index in [-0.39, 0.29) is 28.1 Å². The van der Waals surface area contributed by atoms with E-state index in [1.165, 1.54) is 31.4 Å². The number of halogens is 3. The molecule has 0 bridgehead atoms. The van der Waals surface area contributed by atoms with Crippen LogP contribution < -0.4 is 16.2 Å². The highest BCUT2D eigenvalue weighted by Crippen LogP contribution is 2.37. The third-order valence-electron chi connectivity index (χ3n) is 3.15. The minimum absolute atomic E-state index is 0.0244. The third kappa shape index (κ3) is 2.98. The fourth-order valence-corrected chi connectivity index (χ4v) is 2.07. The van der Waals surface area contributed by atoms with Gasteiger partial charge in [0.15, 0.2) is 0 Å². The SMILES string of the molecule is COc1cc(-c2cccc(C(N)=O)c2N)cc(C(F)(F)F)c1. The first-order valence-electron chi connectivity index (χ1n) is 6.19. The van der Waals surface area contributed by atoms with Crippen molar-refractivity contribution in [2.24, 2.45) is 5.73 Å². The van der Waals surface area contributed by atoms with Crippen molar-refractivity contribution in [3.8, 4) is 16.9 Å². The van der Waals surface area contributed by atoms with Gasteiger partial charge in [-0.05, 0) is 29.8 Å². The van der Waals surface area contributed by atoms with Crippen molar-refractivity contribution >= 4 is 11.6 Å². The highest BCUT2D eigenvalue weighted by atomic mass is 19.4. The largest absolute Gasteiger partial charge is 0.497 e. The first-order chi connectivity index (χ1) is 10.2. The molecule has 2 aromatic carbocycles. The van der Waals surface area contributed by atoms with Crippen LogP contribution >= 0.6 is 0 Å². The Morgan fingerprint density at radius 3 is 2.41 bits per heavy atom. The molecule has 116 valence electrons. The Balaban J connectivity index is 2.67. The predicted octanol–water partition coefficient (Wildman–Crippen LogP) is 3.06. The van der Waals surface area contributed by atoms with E-state index in [1.54, 1.807) is 0 Å². The fraction of sp³-hybridized carbons (Fsp3) is 0.133. The van der Waals surface area contributed by atoms with Crippen LogP contribution in [0.3, 0.4) is 0 Å². The highest BCUT2D eigenvalue weighted by Gasteiger charge is 2.31. The van der Waals surface area contributed by atoms with Crippen LogP contribution in [0.4, 0.5) is 18.9 Å². The molecule has 0 unspecified atom stereocenters. The average Bonchev–Trinajstić information content (AvgIpc) is 2.45. The fourth-order valence-electron chi connectivity index (χ4n) is 2.07. The van der Waals surface area contributed by atoms with Gasteiger partial charge in [0.1, 0.15) is 5.75 Å². The summed E-state index contributed by atoms with van der Waals surface area (Å²) in [5.74, 6) is -0.716. The number of methoxy groups -OCH3 is 1. The summed E-state index contributed by atoms with van der Waals surface area (Å²) in [6.07, 6.45) is -4.53. The molecule has 0 atom stereocenters. The van der Waals surface area contributed by atoms with E-state index < -0.39 is 17.6 Å². The zero-order valence-electron chi connectivity index (χ0n) is 11.6. The number of hydrogen-bond acceptors (Lipinski definition) is 3. The van der Waals surface area contributed by atoms with Crippen molar-refractivity contribution in [1.29, 1.82) is 0 Å². The molecule has 0 aliphatic rings. The molecule has 22 heavy (non-hydrogen) atoms. The van der Waals surface area contributed by atoms with Gasteiger partial charge < -0.3 is 16.2 Å². The molecule has 0 radical (unpaired) electrons. The number of alkyl halides is 3. The quantitative estimate of drug-likeness (QED) is 0.855. The molecule has 0 fully saturated rings. The van der Waals surface area contributed by atoms with Gasteiger partial charge in [0.25, 0.3) is 5.91 Å². The summed E-state index contributed by atoms with van der Waals surface area (Å²) >= 11 is 0. The normalized spacial score (nSPS) is 11.3. The van der Waals surface area contributed by atoms with E-state index in [0.29, 0.717) is 0 Å². The Morgan fingerprint density at radius 1 is 1.18 bits per heavy atom. The minimum atomic E-state index is -4.53. The Hall–Kier alpha value is -2.70. The van der Waals surface area contributed by atoms with Crippen molar-refractivity contribution in [2.45, 2.75) is 6.18 Å². The Morgan fingerprint density at radius 2 is 1.86 bits per heavy atom. The number of nitrogen functional groups attached to an aromatic ring is 1. The van der Waals surface area contributed by atoms with Crippen molar-refractivity contribution in [3.63, 3.8) is 0 Å². The van der Waals surface area contributed by atoms with E-state index in [4.69, 9.17) is 16.2 Å². The topological polar surface area (TPSA) is 78.3 Å². The Labute approximate surface area is 124 Å². The summed E-state index contributed by atoms with van der Waals surface area (Å²) in [7, 11) is 1.27. The van der Waals surface area contributed by atoms with Gasteiger partial charge in [0.05, 0.1) is 23.9 Å². The van der Waals surface area contributed by atoms with Crippen LogP contribution in [-0.2, 0) is 6.18 Å². The molecule has 2 aromatic rings. The molecular weight excluding hydrogens is 297 g/mol. The van der Waals surface area contributed by atoms with Gasteiger partial charge in [-0.15, -0.1) is 0 Å². The second-order valence-electron chi connectivity index (χ2n) is 4.58. The van der Waals surface area contributed by atoms with Crippen LogP contribution in [0.5, 0.6) is 5.75 Å². The van der Waals surface area contributed by atoms with E-state index in [0.717, 1.165) is 12.1 Å². The van der Waals surface area contributed by atoms with Crippen LogP contribution in [0.2, 0.25) is 0 Å². The maximum absolute atomic E-state index is 12.9. The standard InChI is InChI=1S/C15H13F3N2O2/c1-22-10-6-8(5-9(7-10)15(16,17)18)11-3-2-4-12(13(11)19)14(20)21/h2-7H,19H2,1H3,(H2,20,21). The van der Waals surface area contributed by atoms with Gasteiger partial charge in [-0.25, -0.2) is 0 Å². The number of nitrogens with two attached hydrogens (primary N) is 2. The van der Waals surface area contributed by atoms with Crippen LogP contribution in [0.25, 0.3) is 11.1 Å². The van der Waals surface area contributed by atoms with E-state index in [9.17, 15) is 18.0 Å². The molecule has 0 aliphatic carbocycles. The molecule has 4 nitrogen and oxygen atoms in total. The number of primary amides is 1. The predicted molar refractivity (Wildman–Crippen MR) is 76.4 cm³/mol. The lowest BCUT2D eigenvalue weighted by Crippen LogP contribution is -2.14. The molecular formula is C15H13F3N2O2. The summed E-state index contributed by atoms with van der Waals surface area (Å²) in [6.45, 7) is 0. The van der Waals surface area contributed by atoms with Crippen molar-refractivity contribution in [3.05, 3.63) is 47.5 Å². The van der Waals surface area contributed by atoms with Gasteiger partial charge in [-0.3, -0.25) is 4.79 Å². The average molecular weight is 310 g/mol. The van der Waals surface area contributed by atoms with Crippen LogP contribution in [0.15, 0.2) is 36.4 Å². The lowest BCUT2D eigenvalue weighted by Gasteiger charge is -2.14. The molecule has 0 saturated heterocycles. The highest BCUT2D eigenvalue weighted by molar-refractivity contribution is 6.01. The summed E-state index contributed by atoms with van der Waals surface area (Å²) < 4.78 is 43.7. The van der Waals surface area contributed by atoms with Gasteiger partial charge in [0, 0.05) is 5.56 Å². The summed E-state index contributed by atoms with van der Waals surface area (Å²) in [4.78, 5) is 11.3. The molecule has 0 spiro atoms. The number of carbonyl (C=O) groups is 1. The molecule has 0 aromatic heterocycles. The molecule has 0 saturated carbocycles. The van der Waals surface area contributed by atoms with Crippen molar-refractivity contribution in [1.82, 2.24) is 0 Å². The van der Waals surface area contributed by atoms with Crippen LogP contribution in [0.1, 0.15) is 15.9 Å². The Bertz CT molecular complexity index is 727. The van der Waals surface area contributed by atoms with Crippen LogP contribution in [0, 0.1) is 0 Å². The molecule has 0 aliphatic heterocycles. The van der Waals surface area contributed by atoms with Gasteiger partial charge in [-0.1, -0.05) is 12.1 Å². The Kier molecular flexibility index (Phi) is 3.99. The second kappa shape index (κ2) is 5.59. The molecule has 7 heteroatoms. The van der Waals surface area contributed by atoms with Crippen molar-refractivity contribution < 1.29 is 22.7 Å². The summed E-state index contributed by atoms with van der Waals surface area (Å²) in [6, 6.07) is 7.66. The first-order valence-corrected chi connectivity index (χ1v) is 6.19. The summed E-state index contributed by atoms with van der Waals surface area (Å²) in [5.41, 5.74) is 10.7. The maximum atomic E-state index is 12.9. The van der Waals surface area contributed by atoms with Gasteiger partial charge >= 0.3 is 6.18 Å². The molecule has 2 rings (SSSR count). The minimum Gasteiger partial charge on any atom is -0.497 e. The van der Waals surface area contributed by atoms with E-state index in [2.05, 4.69) is 0 Å². The van der Waals surface area contributed by atoms with Gasteiger partial charge in [0.2, 0.25) is 0 Å². The smallest absolute Gasteiger partial charge is 0.416 e. The number of para-hydroxylation sites is 1. The first kappa shape index (κ1) is 15.7. The maximum Gasteiger partial charge on any atom is 0.416 e. The molecule has 4 N–H and O–H groups in total. The van der Waals surface area contributed by atoms with Crippen molar-refractivity contribution in [2.75, 3.05) is 12.8 Å². The van der Waals surface area contributed by atoms with E-state index >= 15 is 0 Å². The number of anilines is 1. The zero-order chi connectivity index (χ0) is 16.5. The number of ether oxygens (including phenoxy) is 1. The second-order valence-corrected chi connectivity index (χ2v) is 4.58. The third-order valence-corrected chi connectivity index (χ3v) is 3.15. The lowest BCUT2D eigenvalue weighted by molar-refractivity contribution is -0.137. The molecule has 0 heterocycles. The summed E-state index contributed by atoms with van der Waals surface area (Å²) in [5, 5.41) is 0. The zero-order valence-corrected chi connectivity index (χ0v) is 11.6. The number of hydrogen-bond donors (Lipinski definition) is 2. The van der Waals surface area contributed by atoms with Gasteiger partial charge in [-0.2, -0.15) is 13.2 Å². The number of carbonyl (C=O) groups excluding carboxylic acids is 1. The van der Waals surface area contributed by atoms with E-state index in [1.807, 2.05) is 0 Å². The molecule has 1 amide bonds.